The van der Waals surface area contributed by atoms with Crippen molar-refractivity contribution in [3.63, 3.8) is 0 Å². The Bertz CT molecular complexity index is 1050. The fourth-order valence-electron chi connectivity index (χ4n) is 2.74. The maximum Gasteiger partial charge on any atom is 0.416 e. The first-order valence-electron chi connectivity index (χ1n) is 7.79. The molecule has 3 aromatic rings. The van der Waals surface area contributed by atoms with Crippen molar-refractivity contribution in [3.8, 4) is 0 Å². The van der Waals surface area contributed by atoms with Gasteiger partial charge in [-0.1, -0.05) is 24.3 Å². The van der Waals surface area contributed by atoms with Gasteiger partial charge in [-0.3, -0.25) is 25.2 Å². The van der Waals surface area contributed by atoms with Gasteiger partial charge in [-0.15, -0.1) is 0 Å². The first-order valence-corrected chi connectivity index (χ1v) is 7.79. The Hall–Kier alpha value is -3.76. The van der Waals surface area contributed by atoms with Gasteiger partial charge >= 0.3 is 6.18 Å². The summed E-state index contributed by atoms with van der Waals surface area (Å²) >= 11 is 0. The minimum atomic E-state index is -4.96. The molecule has 0 aliphatic rings. The van der Waals surface area contributed by atoms with E-state index in [0.717, 1.165) is 5.39 Å². The van der Waals surface area contributed by atoms with Crippen molar-refractivity contribution in [3.05, 3.63) is 80.0 Å². The van der Waals surface area contributed by atoms with Crippen LogP contribution < -0.4 is 5.32 Å². The van der Waals surface area contributed by atoms with Crippen molar-refractivity contribution in [2.24, 2.45) is 0 Å². The number of pyridine rings is 1. The Balaban J connectivity index is 2.07. The second-order valence-electron chi connectivity index (χ2n) is 5.75. The van der Waals surface area contributed by atoms with Crippen LogP contribution in [0.25, 0.3) is 10.9 Å². The number of aromatic nitrogens is 1. The second kappa shape index (κ2) is 7.10. The maximum absolute atomic E-state index is 13.0. The third-order valence-corrected chi connectivity index (χ3v) is 3.99. The highest BCUT2D eigenvalue weighted by molar-refractivity contribution is 5.82. The Labute approximate surface area is 154 Å². The molecule has 0 spiro atoms. The SMILES string of the molecule is O=[N+]([O-])c1cc(C(F)(F)F)cc([N+](=O)[O-])c1NCc1cccc2cccnc12. The van der Waals surface area contributed by atoms with Crippen LogP contribution in [-0.2, 0) is 12.7 Å². The van der Waals surface area contributed by atoms with Crippen molar-refractivity contribution >= 4 is 28.0 Å². The van der Waals surface area contributed by atoms with Crippen LogP contribution in [0.1, 0.15) is 11.1 Å². The molecule has 0 aliphatic heterocycles. The number of nitrogens with zero attached hydrogens (tertiary/aromatic N) is 3. The van der Waals surface area contributed by atoms with Gasteiger partial charge in [-0.05, 0) is 11.6 Å². The third-order valence-electron chi connectivity index (χ3n) is 3.99. The van der Waals surface area contributed by atoms with Crippen molar-refractivity contribution in [1.82, 2.24) is 4.98 Å². The van der Waals surface area contributed by atoms with E-state index < -0.39 is 38.6 Å². The molecule has 0 saturated heterocycles. The number of fused-ring (bicyclic) bond motifs is 1. The molecular formula is C17H11F3N4O4. The predicted molar refractivity (Wildman–Crippen MR) is 93.8 cm³/mol. The molecule has 0 atom stereocenters. The molecule has 0 bridgehead atoms. The number of hydrogen-bond acceptors (Lipinski definition) is 6. The number of hydrogen-bond donors (Lipinski definition) is 1. The van der Waals surface area contributed by atoms with E-state index >= 15 is 0 Å². The quantitative estimate of drug-likeness (QED) is 0.498. The van der Waals surface area contributed by atoms with E-state index in [1.54, 1.807) is 30.3 Å². The molecule has 144 valence electrons. The first kappa shape index (κ1) is 19.0. The number of para-hydroxylation sites is 1. The summed E-state index contributed by atoms with van der Waals surface area (Å²) in [5, 5.41) is 25.8. The zero-order valence-corrected chi connectivity index (χ0v) is 13.9. The minimum absolute atomic E-state index is 0.110. The highest BCUT2D eigenvalue weighted by Crippen LogP contribution is 2.41. The molecular weight excluding hydrogens is 381 g/mol. The highest BCUT2D eigenvalue weighted by Gasteiger charge is 2.37. The van der Waals surface area contributed by atoms with E-state index in [1.807, 2.05) is 0 Å². The standard InChI is InChI=1S/C17H11F3N4O4/c18-17(19,20)12-7-13(23(25)26)16(14(8-12)24(27)28)22-9-11-4-1-3-10-5-2-6-21-15(10)11/h1-8,22H,9H2. The van der Waals surface area contributed by atoms with Gasteiger partial charge in [-0.2, -0.15) is 13.2 Å². The maximum atomic E-state index is 13.0. The van der Waals surface area contributed by atoms with E-state index in [0.29, 0.717) is 11.1 Å². The van der Waals surface area contributed by atoms with Crippen LogP contribution in [0.5, 0.6) is 0 Å². The van der Waals surface area contributed by atoms with Gasteiger partial charge in [0.05, 0.1) is 20.9 Å². The molecule has 0 amide bonds. The van der Waals surface area contributed by atoms with Gasteiger partial charge in [-0.25, -0.2) is 0 Å². The molecule has 8 nitrogen and oxygen atoms in total. The van der Waals surface area contributed by atoms with Crippen LogP contribution in [0, 0.1) is 20.2 Å². The molecule has 3 rings (SSSR count). The summed E-state index contributed by atoms with van der Waals surface area (Å²) in [7, 11) is 0. The molecule has 1 heterocycles. The Kier molecular flexibility index (Phi) is 4.82. The number of nitro groups is 2. The smallest absolute Gasteiger partial charge is 0.370 e. The summed E-state index contributed by atoms with van der Waals surface area (Å²) in [5.41, 5.74) is -3.00. The summed E-state index contributed by atoms with van der Waals surface area (Å²) in [5.74, 6) is 0. The van der Waals surface area contributed by atoms with Gasteiger partial charge < -0.3 is 5.32 Å². The van der Waals surface area contributed by atoms with Gasteiger partial charge in [0.1, 0.15) is 0 Å². The molecule has 1 aromatic heterocycles. The Morgan fingerprint density at radius 1 is 1.00 bits per heavy atom. The molecule has 11 heteroatoms. The summed E-state index contributed by atoms with van der Waals surface area (Å²) < 4.78 is 38.9. The van der Waals surface area contributed by atoms with Crippen molar-refractivity contribution in [1.29, 1.82) is 0 Å². The fraction of sp³-hybridized carbons (Fsp3) is 0.118. The summed E-state index contributed by atoms with van der Waals surface area (Å²) in [6.07, 6.45) is -3.43. The zero-order chi connectivity index (χ0) is 20.5. The molecule has 0 aliphatic carbocycles. The largest absolute Gasteiger partial charge is 0.416 e. The number of anilines is 1. The van der Waals surface area contributed by atoms with Crippen LogP contribution in [-0.4, -0.2) is 14.8 Å². The number of nitro benzene ring substituents is 2. The number of rotatable bonds is 5. The third kappa shape index (κ3) is 3.68. The Morgan fingerprint density at radius 2 is 1.61 bits per heavy atom. The average molecular weight is 392 g/mol. The average Bonchev–Trinajstić information content (AvgIpc) is 2.64. The predicted octanol–water partition coefficient (Wildman–Crippen LogP) is 4.68. The summed E-state index contributed by atoms with van der Waals surface area (Å²) in [6.45, 7) is -0.110. The van der Waals surface area contributed by atoms with Crippen LogP contribution in [0.4, 0.5) is 30.2 Å². The van der Waals surface area contributed by atoms with Crippen LogP contribution >= 0.6 is 0 Å². The molecule has 0 unspecified atom stereocenters. The minimum Gasteiger partial charge on any atom is -0.370 e. The lowest BCUT2D eigenvalue weighted by molar-refractivity contribution is -0.392. The topological polar surface area (TPSA) is 111 Å². The van der Waals surface area contributed by atoms with E-state index in [2.05, 4.69) is 10.3 Å². The van der Waals surface area contributed by atoms with E-state index in [9.17, 15) is 33.4 Å². The summed E-state index contributed by atoms with van der Waals surface area (Å²) in [4.78, 5) is 24.5. The van der Waals surface area contributed by atoms with E-state index in [-0.39, 0.29) is 18.7 Å². The summed E-state index contributed by atoms with van der Waals surface area (Å²) in [6, 6.07) is 9.20. The van der Waals surface area contributed by atoms with Crippen molar-refractivity contribution < 1.29 is 23.0 Å². The van der Waals surface area contributed by atoms with Gasteiger partial charge in [0.25, 0.3) is 11.4 Å². The number of halogens is 3. The molecule has 28 heavy (non-hydrogen) atoms. The second-order valence-corrected chi connectivity index (χ2v) is 5.75. The lowest BCUT2D eigenvalue weighted by Gasteiger charge is -2.12. The lowest BCUT2D eigenvalue weighted by atomic mass is 10.1. The van der Waals surface area contributed by atoms with Gasteiger partial charge in [0.15, 0.2) is 5.69 Å². The van der Waals surface area contributed by atoms with Gasteiger partial charge in [0, 0.05) is 30.3 Å². The lowest BCUT2D eigenvalue weighted by Crippen LogP contribution is -2.11. The normalized spacial score (nSPS) is 11.4. The molecule has 0 radical (unpaired) electrons. The van der Waals surface area contributed by atoms with E-state index in [1.165, 1.54) is 6.20 Å². The van der Waals surface area contributed by atoms with Crippen LogP contribution in [0.15, 0.2) is 48.7 Å². The number of benzene rings is 2. The first-order chi connectivity index (χ1) is 13.2. The van der Waals surface area contributed by atoms with Crippen molar-refractivity contribution in [2.75, 3.05) is 5.32 Å². The monoisotopic (exact) mass is 392 g/mol. The van der Waals surface area contributed by atoms with E-state index in [4.69, 9.17) is 0 Å². The van der Waals surface area contributed by atoms with Crippen LogP contribution in [0.3, 0.4) is 0 Å². The van der Waals surface area contributed by atoms with Crippen LogP contribution in [0.2, 0.25) is 0 Å². The molecule has 0 saturated carbocycles. The zero-order valence-electron chi connectivity index (χ0n) is 13.9. The molecule has 2 aromatic carbocycles. The molecule has 0 fully saturated rings. The number of nitrogens with one attached hydrogen (secondary N) is 1. The molecule has 1 N–H and O–H groups in total. The highest BCUT2D eigenvalue weighted by atomic mass is 19.4. The Morgan fingerprint density at radius 3 is 2.18 bits per heavy atom. The van der Waals surface area contributed by atoms with Gasteiger partial charge in [0.2, 0.25) is 0 Å². The van der Waals surface area contributed by atoms with Crippen molar-refractivity contribution in [2.45, 2.75) is 12.7 Å². The fourth-order valence-corrected chi connectivity index (χ4v) is 2.74. The number of alkyl halides is 3.